The Kier molecular flexibility index (Phi) is 1.89. The maximum atomic E-state index is 10.6. The Labute approximate surface area is 62.0 Å². The van der Waals surface area contributed by atoms with Gasteiger partial charge in [-0.05, 0) is 0 Å². The lowest BCUT2D eigenvalue weighted by molar-refractivity contribution is -0.170. The monoisotopic (exact) mass is 158 g/mol. The van der Waals surface area contributed by atoms with Gasteiger partial charge in [-0.3, -0.25) is 9.59 Å². The van der Waals surface area contributed by atoms with E-state index < -0.39 is 18.0 Å². The Balaban J connectivity index is 2.63. The van der Waals surface area contributed by atoms with Gasteiger partial charge in [-0.15, -0.1) is 0 Å². The Bertz CT molecular complexity index is 203. The summed E-state index contributed by atoms with van der Waals surface area (Å²) in [5.41, 5.74) is 0. The average molecular weight is 158 g/mol. The van der Waals surface area contributed by atoms with Crippen LogP contribution < -0.4 is 0 Å². The molecule has 5 heteroatoms. The van der Waals surface area contributed by atoms with Crippen LogP contribution in [0.3, 0.4) is 0 Å². The fourth-order valence-electron chi connectivity index (χ4n) is 0.820. The second kappa shape index (κ2) is 2.69. The fourth-order valence-corrected chi connectivity index (χ4v) is 0.820. The zero-order valence-electron chi connectivity index (χ0n) is 5.57. The van der Waals surface area contributed by atoms with Crippen molar-refractivity contribution in [3.05, 3.63) is 0 Å². The van der Waals surface area contributed by atoms with Crippen LogP contribution in [0.2, 0.25) is 0 Å². The third-order valence-corrected chi connectivity index (χ3v) is 1.30. The number of Topliss-reactive ketones (excluding diaryl/α,β-unsaturated/α-hetero) is 1. The molecule has 1 N–H and O–H groups in total. The molecule has 1 heterocycles. The van der Waals surface area contributed by atoms with Gasteiger partial charge in [0, 0.05) is 0 Å². The number of carboxylic acid groups (broad SMARTS) is 1. The first-order valence-corrected chi connectivity index (χ1v) is 3.03. The summed E-state index contributed by atoms with van der Waals surface area (Å²) in [6.07, 6.45) is -1.78. The molecule has 0 spiro atoms. The zero-order chi connectivity index (χ0) is 8.43. The molecule has 1 aliphatic heterocycles. The molecule has 1 aliphatic rings. The Morgan fingerprint density at radius 2 is 2.18 bits per heavy atom. The maximum Gasteiger partial charge on any atom is 0.345 e. The number of ether oxygens (including phenoxy) is 1. The lowest BCUT2D eigenvalue weighted by Crippen LogP contribution is -2.35. The first-order valence-electron chi connectivity index (χ1n) is 3.03. The summed E-state index contributed by atoms with van der Waals surface area (Å²) >= 11 is 0. The summed E-state index contributed by atoms with van der Waals surface area (Å²) in [4.78, 5) is 31.3. The lowest BCUT2D eigenvalue weighted by atomic mass is 10.1. The summed E-state index contributed by atoms with van der Waals surface area (Å²) in [7, 11) is 0. The molecule has 5 nitrogen and oxygen atoms in total. The zero-order valence-corrected chi connectivity index (χ0v) is 5.57. The number of rotatable bonds is 1. The third kappa shape index (κ3) is 1.76. The minimum atomic E-state index is -1.27. The van der Waals surface area contributed by atoms with E-state index in [1.165, 1.54) is 0 Å². The van der Waals surface area contributed by atoms with E-state index in [1.54, 1.807) is 0 Å². The van der Waals surface area contributed by atoms with Crippen molar-refractivity contribution in [2.75, 3.05) is 0 Å². The molecular formula is C6H6O5. The highest BCUT2D eigenvalue weighted by atomic mass is 16.6. The van der Waals surface area contributed by atoms with Crippen molar-refractivity contribution >= 4 is 17.7 Å². The molecule has 0 bridgehead atoms. The topological polar surface area (TPSA) is 80.7 Å². The first kappa shape index (κ1) is 7.71. The van der Waals surface area contributed by atoms with Crippen molar-refractivity contribution in [3.63, 3.8) is 0 Å². The molecule has 0 aromatic carbocycles. The maximum absolute atomic E-state index is 10.6. The van der Waals surface area contributed by atoms with Gasteiger partial charge in [0.05, 0.1) is 6.42 Å². The number of ketones is 1. The highest BCUT2D eigenvalue weighted by molar-refractivity contribution is 6.00. The van der Waals surface area contributed by atoms with E-state index in [0.29, 0.717) is 0 Å². The van der Waals surface area contributed by atoms with Crippen LogP contribution in [0.25, 0.3) is 0 Å². The smallest absolute Gasteiger partial charge is 0.345 e. The second-order valence-electron chi connectivity index (χ2n) is 2.24. The summed E-state index contributed by atoms with van der Waals surface area (Å²) in [6, 6.07) is 0. The number of hydrogen-bond acceptors (Lipinski definition) is 4. The SMILES string of the molecule is O=C1CC(=O)O[C@@H](C(=O)O)C1. The Morgan fingerprint density at radius 1 is 1.55 bits per heavy atom. The molecule has 0 saturated carbocycles. The van der Waals surface area contributed by atoms with Crippen molar-refractivity contribution in [2.24, 2.45) is 0 Å². The standard InChI is InChI=1S/C6H6O5/c7-3-1-4(6(9)10)11-5(8)2-3/h4H,1-2H2,(H,9,10)/t4-/m1/s1. The minimum absolute atomic E-state index is 0.207. The van der Waals surface area contributed by atoms with E-state index in [-0.39, 0.29) is 18.6 Å². The second-order valence-corrected chi connectivity index (χ2v) is 2.24. The van der Waals surface area contributed by atoms with E-state index in [2.05, 4.69) is 4.74 Å². The normalized spacial score (nSPS) is 24.5. The molecule has 0 aromatic heterocycles. The summed E-state index contributed by atoms with van der Waals surface area (Å²) in [5.74, 6) is -2.41. The van der Waals surface area contributed by atoms with Crippen LogP contribution in [0.1, 0.15) is 12.8 Å². The van der Waals surface area contributed by atoms with Crippen LogP contribution in [0, 0.1) is 0 Å². The van der Waals surface area contributed by atoms with Crippen molar-refractivity contribution in [2.45, 2.75) is 18.9 Å². The number of esters is 1. The van der Waals surface area contributed by atoms with E-state index in [0.717, 1.165) is 0 Å². The van der Waals surface area contributed by atoms with Gasteiger partial charge in [0.15, 0.2) is 0 Å². The molecule has 0 amide bonds. The van der Waals surface area contributed by atoms with Gasteiger partial charge in [-0.2, -0.15) is 0 Å². The summed E-state index contributed by atoms with van der Waals surface area (Å²) in [6.45, 7) is 0. The van der Waals surface area contributed by atoms with Crippen molar-refractivity contribution in [3.8, 4) is 0 Å². The van der Waals surface area contributed by atoms with Crippen molar-refractivity contribution in [1.29, 1.82) is 0 Å². The van der Waals surface area contributed by atoms with Crippen LogP contribution in [-0.2, 0) is 19.1 Å². The molecule has 60 valence electrons. The predicted molar refractivity (Wildman–Crippen MR) is 31.8 cm³/mol. The molecule has 0 unspecified atom stereocenters. The largest absolute Gasteiger partial charge is 0.478 e. The van der Waals surface area contributed by atoms with Gasteiger partial charge in [-0.25, -0.2) is 4.79 Å². The molecule has 1 atom stereocenters. The molecule has 0 radical (unpaired) electrons. The molecule has 0 aromatic rings. The van der Waals surface area contributed by atoms with Gasteiger partial charge in [0.1, 0.15) is 12.2 Å². The van der Waals surface area contributed by atoms with Crippen molar-refractivity contribution < 1.29 is 24.2 Å². The number of hydrogen-bond donors (Lipinski definition) is 1. The lowest BCUT2D eigenvalue weighted by Gasteiger charge is -2.16. The number of carboxylic acids is 1. The van der Waals surface area contributed by atoms with E-state index in [4.69, 9.17) is 5.11 Å². The number of aliphatic carboxylic acids is 1. The Hall–Kier alpha value is -1.39. The summed E-state index contributed by atoms with van der Waals surface area (Å²) < 4.78 is 4.36. The Morgan fingerprint density at radius 3 is 2.64 bits per heavy atom. The van der Waals surface area contributed by atoms with Crippen LogP contribution in [0.5, 0.6) is 0 Å². The highest BCUT2D eigenvalue weighted by Crippen LogP contribution is 2.10. The molecule has 1 fully saturated rings. The van der Waals surface area contributed by atoms with E-state index >= 15 is 0 Å². The van der Waals surface area contributed by atoms with Crippen LogP contribution in [0.4, 0.5) is 0 Å². The third-order valence-electron chi connectivity index (χ3n) is 1.30. The molecule has 1 saturated heterocycles. The fraction of sp³-hybridized carbons (Fsp3) is 0.500. The molecule has 11 heavy (non-hydrogen) atoms. The summed E-state index contributed by atoms with van der Waals surface area (Å²) in [5, 5.41) is 8.34. The number of carbonyl (C=O) groups is 3. The van der Waals surface area contributed by atoms with Gasteiger partial charge in [-0.1, -0.05) is 0 Å². The molecular weight excluding hydrogens is 152 g/mol. The quantitative estimate of drug-likeness (QED) is 0.405. The first-order chi connectivity index (χ1) is 5.09. The minimum Gasteiger partial charge on any atom is -0.478 e. The average Bonchev–Trinajstić information content (AvgIpc) is 1.85. The molecule has 0 aliphatic carbocycles. The van der Waals surface area contributed by atoms with Crippen molar-refractivity contribution in [1.82, 2.24) is 0 Å². The van der Waals surface area contributed by atoms with Gasteiger partial charge >= 0.3 is 11.9 Å². The van der Waals surface area contributed by atoms with Crippen LogP contribution >= 0.6 is 0 Å². The van der Waals surface area contributed by atoms with Gasteiger partial charge in [0.25, 0.3) is 0 Å². The van der Waals surface area contributed by atoms with E-state index in [9.17, 15) is 14.4 Å². The highest BCUT2D eigenvalue weighted by Gasteiger charge is 2.31. The predicted octanol–water partition coefficient (Wildman–Crippen LogP) is -0.654. The van der Waals surface area contributed by atoms with Crippen LogP contribution in [-0.4, -0.2) is 28.9 Å². The molecule has 1 rings (SSSR count). The van der Waals surface area contributed by atoms with E-state index in [1.807, 2.05) is 0 Å². The number of cyclic esters (lactones) is 1. The van der Waals surface area contributed by atoms with Gasteiger partial charge in [0.2, 0.25) is 6.10 Å². The van der Waals surface area contributed by atoms with Crippen LogP contribution in [0.15, 0.2) is 0 Å². The van der Waals surface area contributed by atoms with Gasteiger partial charge < -0.3 is 9.84 Å². The number of carbonyl (C=O) groups excluding carboxylic acids is 2.